The number of carboxylic acid groups (broad SMARTS) is 1. The Morgan fingerprint density at radius 3 is 2.86 bits per heavy atom. The molecule has 1 aromatic heterocycles. The summed E-state index contributed by atoms with van der Waals surface area (Å²) in [5.41, 5.74) is 1.25. The van der Waals surface area contributed by atoms with Gasteiger partial charge in [0, 0.05) is 10.9 Å². The van der Waals surface area contributed by atoms with Crippen molar-refractivity contribution < 1.29 is 19.1 Å². The summed E-state index contributed by atoms with van der Waals surface area (Å²) in [5, 5.41) is 10.1. The minimum Gasteiger partial charge on any atom is -0.475 e. The van der Waals surface area contributed by atoms with Gasteiger partial charge in [-0.2, -0.15) is 0 Å². The number of carbonyl (C=O) groups is 1. The molecule has 1 aliphatic carbocycles. The van der Waals surface area contributed by atoms with Gasteiger partial charge >= 0.3 is 5.97 Å². The molecule has 21 heavy (non-hydrogen) atoms. The van der Waals surface area contributed by atoms with Gasteiger partial charge in [0.2, 0.25) is 5.76 Å². The molecule has 1 aromatic carbocycles. The molecule has 2 atom stereocenters. The minimum absolute atomic E-state index is 0.000312. The van der Waals surface area contributed by atoms with Gasteiger partial charge in [-0.3, -0.25) is 0 Å². The second-order valence-electron chi connectivity index (χ2n) is 5.82. The molecule has 2 unspecified atom stereocenters. The summed E-state index contributed by atoms with van der Waals surface area (Å²) in [7, 11) is 0. The molecule has 4 nitrogen and oxygen atoms in total. The van der Waals surface area contributed by atoms with Crippen molar-refractivity contribution in [2.75, 3.05) is 0 Å². The van der Waals surface area contributed by atoms with Crippen molar-refractivity contribution in [3.05, 3.63) is 35.6 Å². The molecule has 0 aliphatic heterocycles. The molecular weight excluding hydrogens is 268 g/mol. The predicted octanol–water partition coefficient (Wildman–Crippen LogP) is 4.23. The maximum Gasteiger partial charge on any atom is 0.372 e. The van der Waals surface area contributed by atoms with E-state index in [9.17, 15) is 9.90 Å². The Balaban J connectivity index is 1.85. The monoisotopic (exact) mass is 288 g/mol. The summed E-state index contributed by atoms with van der Waals surface area (Å²) in [6, 6.07) is 7.39. The Hall–Kier alpha value is -1.81. The van der Waals surface area contributed by atoms with E-state index < -0.39 is 5.97 Å². The molecule has 3 rings (SSSR count). The first kappa shape index (κ1) is 14.1. The Morgan fingerprint density at radius 2 is 2.10 bits per heavy atom. The molecule has 112 valence electrons. The van der Waals surface area contributed by atoms with Crippen LogP contribution in [0.15, 0.2) is 28.7 Å². The van der Waals surface area contributed by atoms with Gasteiger partial charge in [-0.25, -0.2) is 4.79 Å². The van der Waals surface area contributed by atoms with E-state index in [4.69, 9.17) is 9.15 Å². The highest BCUT2D eigenvalue weighted by Gasteiger charge is 2.25. The molecule has 1 aliphatic rings. The number of para-hydroxylation sites is 1. The summed E-state index contributed by atoms with van der Waals surface area (Å²) in [6.07, 6.45) is 4.90. The molecule has 4 heteroatoms. The molecule has 0 spiro atoms. The van der Waals surface area contributed by atoms with Crippen LogP contribution < -0.4 is 0 Å². The molecule has 1 N–H and O–H groups in total. The highest BCUT2D eigenvalue weighted by atomic mass is 16.5. The normalized spacial score (nSPS) is 22.5. The predicted molar refractivity (Wildman–Crippen MR) is 79.4 cm³/mol. The number of fused-ring (bicyclic) bond motifs is 1. The van der Waals surface area contributed by atoms with Crippen molar-refractivity contribution in [3.63, 3.8) is 0 Å². The maximum atomic E-state index is 11.4. The average molecular weight is 288 g/mol. The fourth-order valence-electron chi connectivity index (χ4n) is 3.14. The van der Waals surface area contributed by atoms with Crippen molar-refractivity contribution in [1.82, 2.24) is 0 Å². The van der Waals surface area contributed by atoms with Crippen LogP contribution >= 0.6 is 0 Å². The van der Waals surface area contributed by atoms with E-state index in [1.165, 1.54) is 19.3 Å². The van der Waals surface area contributed by atoms with Gasteiger partial charge in [0.15, 0.2) is 0 Å². The summed E-state index contributed by atoms with van der Waals surface area (Å²) in [5.74, 6) is -0.508. The zero-order valence-corrected chi connectivity index (χ0v) is 12.2. The van der Waals surface area contributed by atoms with Crippen LogP contribution in [0.2, 0.25) is 0 Å². The Kier molecular flexibility index (Phi) is 3.97. The zero-order valence-electron chi connectivity index (χ0n) is 12.2. The van der Waals surface area contributed by atoms with Crippen LogP contribution in [0.25, 0.3) is 11.0 Å². The van der Waals surface area contributed by atoms with Crippen molar-refractivity contribution in [1.29, 1.82) is 0 Å². The molecule has 0 radical (unpaired) electrons. The Bertz CT molecular complexity index is 643. The van der Waals surface area contributed by atoms with Crippen molar-refractivity contribution in [2.45, 2.75) is 45.3 Å². The maximum absolute atomic E-state index is 11.4. The third kappa shape index (κ3) is 2.81. The molecule has 1 heterocycles. The SMILES string of the molecule is CC1CCCCC1OCc1c(C(=O)O)oc2ccccc12. The average Bonchev–Trinajstić information content (AvgIpc) is 2.85. The van der Waals surface area contributed by atoms with Crippen molar-refractivity contribution in [2.24, 2.45) is 5.92 Å². The van der Waals surface area contributed by atoms with Gasteiger partial charge in [-0.15, -0.1) is 0 Å². The van der Waals surface area contributed by atoms with Crippen LogP contribution in [0.5, 0.6) is 0 Å². The fraction of sp³-hybridized carbons (Fsp3) is 0.471. The highest BCUT2D eigenvalue weighted by Crippen LogP contribution is 2.30. The summed E-state index contributed by atoms with van der Waals surface area (Å²) in [4.78, 5) is 11.4. The number of hydrogen-bond donors (Lipinski definition) is 1. The largest absolute Gasteiger partial charge is 0.475 e. The van der Waals surface area contributed by atoms with Gasteiger partial charge in [0.05, 0.1) is 12.7 Å². The number of ether oxygens (including phenoxy) is 1. The van der Waals surface area contributed by atoms with Crippen LogP contribution in [0.1, 0.15) is 48.7 Å². The second kappa shape index (κ2) is 5.90. The number of benzene rings is 1. The molecule has 0 bridgehead atoms. The van der Waals surface area contributed by atoms with Crippen molar-refractivity contribution in [3.8, 4) is 0 Å². The zero-order chi connectivity index (χ0) is 14.8. The van der Waals surface area contributed by atoms with Gasteiger partial charge in [0.25, 0.3) is 0 Å². The van der Waals surface area contributed by atoms with Gasteiger partial charge in [-0.1, -0.05) is 38.0 Å². The Morgan fingerprint density at radius 1 is 1.33 bits per heavy atom. The van der Waals surface area contributed by atoms with E-state index >= 15 is 0 Å². The van der Waals surface area contributed by atoms with E-state index in [-0.39, 0.29) is 11.9 Å². The first-order chi connectivity index (χ1) is 10.2. The van der Waals surface area contributed by atoms with Gasteiger partial charge in [0.1, 0.15) is 5.58 Å². The number of furan rings is 1. The first-order valence-corrected chi connectivity index (χ1v) is 7.52. The standard InChI is InChI=1S/C17H20O4/c1-11-6-2-4-8-14(11)20-10-13-12-7-3-5-9-15(12)21-16(13)17(18)19/h3,5,7,9,11,14H,2,4,6,8,10H2,1H3,(H,18,19). The van der Waals surface area contributed by atoms with E-state index in [1.54, 1.807) is 6.07 Å². The topological polar surface area (TPSA) is 59.7 Å². The number of rotatable bonds is 4. The summed E-state index contributed by atoms with van der Waals surface area (Å²) in [6.45, 7) is 2.50. The first-order valence-electron chi connectivity index (χ1n) is 7.52. The highest BCUT2D eigenvalue weighted by molar-refractivity contribution is 5.94. The molecular formula is C17H20O4. The van der Waals surface area contributed by atoms with E-state index in [1.807, 2.05) is 18.2 Å². The fourth-order valence-corrected chi connectivity index (χ4v) is 3.14. The third-order valence-corrected chi connectivity index (χ3v) is 4.37. The smallest absolute Gasteiger partial charge is 0.372 e. The lowest BCUT2D eigenvalue weighted by atomic mass is 9.88. The summed E-state index contributed by atoms with van der Waals surface area (Å²) < 4.78 is 11.5. The van der Waals surface area contributed by atoms with E-state index in [0.717, 1.165) is 11.8 Å². The third-order valence-electron chi connectivity index (χ3n) is 4.37. The van der Waals surface area contributed by atoms with E-state index in [0.29, 0.717) is 23.7 Å². The van der Waals surface area contributed by atoms with Gasteiger partial charge < -0.3 is 14.3 Å². The van der Waals surface area contributed by atoms with Crippen LogP contribution in [-0.4, -0.2) is 17.2 Å². The molecule has 1 saturated carbocycles. The summed E-state index contributed by atoms with van der Waals surface area (Å²) >= 11 is 0. The lowest BCUT2D eigenvalue weighted by molar-refractivity contribution is -0.0157. The number of hydrogen-bond acceptors (Lipinski definition) is 3. The number of aromatic carboxylic acids is 1. The molecule has 1 fully saturated rings. The number of carboxylic acids is 1. The van der Waals surface area contributed by atoms with E-state index in [2.05, 4.69) is 6.92 Å². The van der Waals surface area contributed by atoms with Crippen LogP contribution in [0, 0.1) is 5.92 Å². The van der Waals surface area contributed by atoms with Crippen LogP contribution in [0.4, 0.5) is 0 Å². The lowest BCUT2D eigenvalue weighted by Gasteiger charge is -2.28. The Labute approximate surface area is 123 Å². The van der Waals surface area contributed by atoms with Crippen molar-refractivity contribution >= 4 is 16.9 Å². The van der Waals surface area contributed by atoms with Crippen LogP contribution in [-0.2, 0) is 11.3 Å². The second-order valence-corrected chi connectivity index (χ2v) is 5.82. The van der Waals surface area contributed by atoms with Crippen LogP contribution in [0.3, 0.4) is 0 Å². The molecule has 0 saturated heterocycles. The molecule has 2 aromatic rings. The lowest BCUT2D eigenvalue weighted by Crippen LogP contribution is -2.25. The minimum atomic E-state index is -1.04. The molecule has 0 amide bonds. The quantitative estimate of drug-likeness (QED) is 0.914. The van der Waals surface area contributed by atoms with Gasteiger partial charge in [-0.05, 0) is 24.8 Å².